The second-order valence-corrected chi connectivity index (χ2v) is 8.98. The molecule has 0 bridgehead atoms. The molecule has 1 aromatic rings. The third-order valence-electron chi connectivity index (χ3n) is 3.81. The molecule has 1 heterocycles. The summed E-state index contributed by atoms with van der Waals surface area (Å²) in [5, 5.41) is 6.00. The minimum absolute atomic E-state index is 0. The summed E-state index contributed by atoms with van der Waals surface area (Å²) >= 11 is 0. The van der Waals surface area contributed by atoms with Gasteiger partial charge in [-0.2, -0.15) is 0 Å². The van der Waals surface area contributed by atoms with Crippen LogP contribution in [0, 0.1) is 6.92 Å². The Hall–Kier alpha value is -1.15. The van der Waals surface area contributed by atoms with E-state index < -0.39 is 15.6 Å². The summed E-state index contributed by atoms with van der Waals surface area (Å²) in [5.74, 6) is -0.120. The number of aryl methyl sites for hydroxylation is 1. The SMILES string of the molecule is Cc1ccc(NC(=O)C2CCCCN2)cc1S(=O)(=O)NC(C)(C)C.Cl. The molecule has 1 aromatic carbocycles. The second-order valence-electron chi connectivity index (χ2n) is 7.33. The van der Waals surface area contributed by atoms with Crippen LogP contribution in [0.25, 0.3) is 0 Å². The van der Waals surface area contributed by atoms with Crippen molar-refractivity contribution in [3.8, 4) is 0 Å². The third kappa shape index (κ3) is 6.26. The fraction of sp³-hybridized carbons (Fsp3) is 0.588. The Morgan fingerprint density at radius 3 is 2.48 bits per heavy atom. The van der Waals surface area contributed by atoms with Crippen LogP contribution in [-0.4, -0.2) is 32.5 Å². The molecular weight excluding hydrogens is 362 g/mol. The van der Waals surface area contributed by atoms with Crippen molar-refractivity contribution in [3.63, 3.8) is 0 Å². The molecular formula is C17H28ClN3O3S. The molecule has 8 heteroatoms. The number of piperidine rings is 1. The first-order valence-electron chi connectivity index (χ1n) is 8.27. The topological polar surface area (TPSA) is 87.3 Å². The van der Waals surface area contributed by atoms with Gasteiger partial charge in [0.25, 0.3) is 0 Å². The molecule has 1 aliphatic rings. The van der Waals surface area contributed by atoms with Gasteiger partial charge in [0, 0.05) is 11.2 Å². The number of rotatable bonds is 4. The lowest BCUT2D eigenvalue weighted by Gasteiger charge is -2.23. The predicted octanol–water partition coefficient (Wildman–Crippen LogP) is 2.57. The maximum Gasteiger partial charge on any atom is 0.241 e. The molecule has 1 amide bonds. The van der Waals surface area contributed by atoms with E-state index in [1.54, 1.807) is 39.8 Å². The van der Waals surface area contributed by atoms with Gasteiger partial charge < -0.3 is 10.6 Å². The predicted molar refractivity (Wildman–Crippen MR) is 103 cm³/mol. The maximum atomic E-state index is 12.6. The van der Waals surface area contributed by atoms with E-state index in [1.807, 2.05) is 0 Å². The van der Waals surface area contributed by atoms with Crippen LogP contribution in [-0.2, 0) is 14.8 Å². The van der Waals surface area contributed by atoms with Crippen LogP contribution in [0.3, 0.4) is 0 Å². The first-order chi connectivity index (χ1) is 11.1. The van der Waals surface area contributed by atoms with E-state index in [9.17, 15) is 13.2 Å². The normalized spacial score (nSPS) is 18.3. The first kappa shape index (κ1) is 21.9. The number of carbonyl (C=O) groups is 1. The Morgan fingerprint density at radius 1 is 1.24 bits per heavy atom. The van der Waals surface area contributed by atoms with Gasteiger partial charge in [0.2, 0.25) is 15.9 Å². The van der Waals surface area contributed by atoms with Crippen LogP contribution in [0.4, 0.5) is 5.69 Å². The summed E-state index contributed by atoms with van der Waals surface area (Å²) in [6, 6.07) is 4.74. The van der Waals surface area contributed by atoms with Gasteiger partial charge in [0.05, 0.1) is 10.9 Å². The van der Waals surface area contributed by atoms with Crippen molar-refractivity contribution in [1.82, 2.24) is 10.0 Å². The fourth-order valence-corrected chi connectivity index (χ4v) is 4.42. The summed E-state index contributed by atoms with van der Waals surface area (Å²) in [5.41, 5.74) is 0.559. The minimum Gasteiger partial charge on any atom is -0.325 e. The Morgan fingerprint density at radius 2 is 1.92 bits per heavy atom. The molecule has 25 heavy (non-hydrogen) atoms. The van der Waals surface area contributed by atoms with Gasteiger partial charge in [-0.05, 0) is 64.8 Å². The van der Waals surface area contributed by atoms with Crippen LogP contribution >= 0.6 is 12.4 Å². The monoisotopic (exact) mass is 389 g/mol. The van der Waals surface area contributed by atoms with Gasteiger partial charge in [-0.25, -0.2) is 13.1 Å². The minimum atomic E-state index is -3.65. The second kappa shape index (κ2) is 8.49. The fourth-order valence-electron chi connectivity index (χ4n) is 2.73. The van der Waals surface area contributed by atoms with Gasteiger partial charge >= 0.3 is 0 Å². The summed E-state index contributed by atoms with van der Waals surface area (Å²) in [6.45, 7) is 7.95. The molecule has 3 N–H and O–H groups in total. The van der Waals surface area contributed by atoms with Crippen molar-refractivity contribution in [1.29, 1.82) is 0 Å². The molecule has 0 saturated carbocycles. The van der Waals surface area contributed by atoms with Crippen molar-refractivity contribution in [2.24, 2.45) is 0 Å². The molecule has 0 aliphatic carbocycles. The highest BCUT2D eigenvalue weighted by molar-refractivity contribution is 7.89. The maximum absolute atomic E-state index is 12.6. The number of amides is 1. The molecule has 1 unspecified atom stereocenters. The van der Waals surface area contributed by atoms with Gasteiger partial charge in [0.1, 0.15) is 0 Å². The van der Waals surface area contributed by atoms with Gasteiger partial charge in [-0.1, -0.05) is 12.5 Å². The van der Waals surface area contributed by atoms with Crippen molar-refractivity contribution < 1.29 is 13.2 Å². The smallest absolute Gasteiger partial charge is 0.241 e. The summed E-state index contributed by atoms with van der Waals surface area (Å²) in [4.78, 5) is 12.5. The number of hydrogen-bond acceptors (Lipinski definition) is 4. The number of halogens is 1. The Bertz CT molecular complexity index is 708. The van der Waals surface area contributed by atoms with Gasteiger partial charge in [-0.15, -0.1) is 12.4 Å². The summed E-state index contributed by atoms with van der Waals surface area (Å²) in [6.07, 6.45) is 2.90. The Labute approximate surface area is 156 Å². The zero-order chi connectivity index (χ0) is 18.0. The largest absolute Gasteiger partial charge is 0.325 e. The number of carbonyl (C=O) groups excluding carboxylic acids is 1. The molecule has 0 radical (unpaired) electrons. The van der Waals surface area contributed by atoms with Gasteiger partial charge in [0.15, 0.2) is 0 Å². The lowest BCUT2D eigenvalue weighted by atomic mass is 10.0. The summed E-state index contributed by atoms with van der Waals surface area (Å²) < 4.78 is 27.8. The lowest BCUT2D eigenvalue weighted by molar-refractivity contribution is -0.118. The van der Waals surface area contributed by atoms with E-state index in [4.69, 9.17) is 0 Å². The van der Waals surface area contributed by atoms with Crippen molar-refractivity contribution in [3.05, 3.63) is 23.8 Å². The highest BCUT2D eigenvalue weighted by Gasteiger charge is 2.25. The van der Waals surface area contributed by atoms with E-state index in [0.717, 1.165) is 25.8 Å². The molecule has 142 valence electrons. The molecule has 6 nitrogen and oxygen atoms in total. The average molecular weight is 390 g/mol. The van der Waals surface area contributed by atoms with E-state index >= 15 is 0 Å². The molecule has 1 saturated heterocycles. The highest BCUT2D eigenvalue weighted by atomic mass is 35.5. The van der Waals surface area contributed by atoms with Crippen LogP contribution in [0.1, 0.15) is 45.6 Å². The van der Waals surface area contributed by atoms with Crippen LogP contribution in [0.5, 0.6) is 0 Å². The van der Waals surface area contributed by atoms with E-state index in [-0.39, 0.29) is 29.3 Å². The lowest BCUT2D eigenvalue weighted by Crippen LogP contribution is -2.43. The number of hydrogen-bond donors (Lipinski definition) is 3. The number of nitrogens with one attached hydrogen (secondary N) is 3. The Kier molecular flexibility index (Phi) is 7.43. The first-order valence-corrected chi connectivity index (χ1v) is 9.76. The molecule has 1 aliphatic heterocycles. The molecule has 0 aromatic heterocycles. The number of anilines is 1. The van der Waals surface area contributed by atoms with Crippen molar-refractivity contribution >= 4 is 34.0 Å². The molecule has 1 fully saturated rings. The summed E-state index contributed by atoms with van der Waals surface area (Å²) in [7, 11) is -3.65. The van der Waals surface area contributed by atoms with Crippen molar-refractivity contribution in [2.75, 3.05) is 11.9 Å². The van der Waals surface area contributed by atoms with E-state index in [1.165, 1.54) is 6.07 Å². The van der Waals surface area contributed by atoms with Crippen LogP contribution in [0.2, 0.25) is 0 Å². The zero-order valence-corrected chi connectivity index (χ0v) is 16.8. The number of benzene rings is 1. The van der Waals surface area contributed by atoms with E-state index in [0.29, 0.717) is 11.3 Å². The third-order valence-corrected chi connectivity index (χ3v) is 5.71. The number of sulfonamides is 1. The van der Waals surface area contributed by atoms with Crippen molar-refractivity contribution in [2.45, 2.75) is 63.4 Å². The zero-order valence-electron chi connectivity index (χ0n) is 15.2. The van der Waals surface area contributed by atoms with E-state index in [2.05, 4.69) is 15.4 Å². The van der Waals surface area contributed by atoms with Crippen LogP contribution in [0.15, 0.2) is 23.1 Å². The molecule has 1 atom stereocenters. The Balaban J connectivity index is 0.00000312. The van der Waals surface area contributed by atoms with Crippen LogP contribution < -0.4 is 15.4 Å². The molecule has 2 rings (SSSR count). The quantitative estimate of drug-likeness (QED) is 0.738. The average Bonchev–Trinajstić information content (AvgIpc) is 2.47. The standard InChI is InChI=1S/C17H27N3O3S.ClH/c1-12-8-9-13(19-16(21)14-7-5-6-10-18-14)11-15(12)24(22,23)20-17(2,3)4;/h8-9,11,14,18,20H,5-7,10H2,1-4H3,(H,19,21);1H. The molecule has 0 spiro atoms. The highest BCUT2D eigenvalue weighted by Crippen LogP contribution is 2.22. The van der Waals surface area contributed by atoms with Gasteiger partial charge in [-0.3, -0.25) is 4.79 Å².